The minimum atomic E-state index is -0.858. The molecule has 70 heavy (non-hydrogen) atoms. The fraction of sp³-hybridized carbons (Fsp3) is 0.812. The predicted molar refractivity (Wildman–Crippen MR) is 305 cm³/mol. The third kappa shape index (κ3) is 54.9. The molecule has 0 fully saturated rings. The van der Waals surface area contributed by atoms with E-state index in [0.29, 0.717) is 19.4 Å². The molecule has 0 bridgehead atoms. The van der Waals surface area contributed by atoms with Crippen LogP contribution in [0.15, 0.2) is 60.8 Å². The number of unbranched alkanes of at least 4 members (excludes halogenated alkanes) is 37. The minimum Gasteiger partial charge on any atom is -0.466 e. The van der Waals surface area contributed by atoms with Gasteiger partial charge in [-0.3, -0.25) is 9.59 Å². The Labute approximate surface area is 435 Å². The average molecular weight is 981 g/mol. The normalized spacial score (nSPS) is 13.0. The first-order valence-corrected chi connectivity index (χ1v) is 30.6. The van der Waals surface area contributed by atoms with E-state index in [0.717, 1.165) is 96.3 Å². The van der Waals surface area contributed by atoms with Crippen molar-refractivity contribution < 1.29 is 24.5 Å². The first-order valence-electron chi connectivity index (χ1n) is 30.6. The third-order valence-corrected chi connectivity index (χ3v) is 13.8. The molecule has 0 saturated heterocycles. The Kier molecular flexibility index (Phi) is 57.1. The van der Waals surface area contributed by atoms with Crippen LogP contribution in [-0.2, 0) is 14.3 Å². The van der Waals surface area contributed by atoms with Gasteiger partial charge in [0.25, 0.3) is 0 Å². The van der Waals surface area contributed by atoms with Gasteiger partial charge in [-0.25, -0.2) is 0 Å². The number of amides is 1. The van der Waals surface area contributed by atoms with Gasteiger partial charge in [0, 0.05) is 12.8 Å². The summed E-state index contributed by atoms with van der Waals surface area (Å²) in [5.41, 5.74) is 0. The summed E-state index contributed by atoms with van der Waals surface area (Å²) in [5, 5.41) is 23.2. The summed E-state index contributed by atoms with van der Waals surface area (Å²) < 4.78 is 5.44. The van der Waals surface area contributed by atoms with E-state index in [9.17, 15) is 19.8 Å². The number of rotatable bonds is 56. The molecule has 2 atom stereocenters. The van der Waals surface area contributed by atoms with Gasteiger partial charge in [-0.1, -0.05) is 261 Å². The molecule has 0 aliphatic carbocycles. The van der Waals surface area contributed by atoms with Gasteiger partial charge >= 0.3 is 5.97 Å². The smallest absolute Gasteiger partial charge is 0.305 e. The number of allylic oxidation sites excluding steroid dienone is 9. The van der Waals surface area contributed by atoms with Gasteiger partial charge in [-0.05, 0) is 96.3 Å². The van der Waals surface area contributed by atoms with Gasteiger partial charge in [-0.15, -0.1) is 0 Å². The SMILES string of the molecule is CCCC/C=C\C/C=C\CCCCCCCC(=O)OCCCCC/C=C\C/C=C\CCCCCCCCCC(=O)NC(CO)C(O)/C=C/CCCCCCCCCCCCCCCCCCCCCC. The zero-order valence-electron chi connectivity index (χ0n) is 46.5. The highest BCUT2D eigenvalue weighted by atomic mass is 16.5. The van der Waals surface area contributed by atoms with Crippen molar-refractivity contribution in [3.8, 4) is 0 Å². The van der Waals surface area contributed by atoms with Crippen LogP contribution in [0.25, 0.3) is 0 Å². The van der Waals surface area contributed by atoms with Crippen LogP contribution >= 0.6 is 0 Å². The lowest BCUT2D eigenvalue weighted by Crippen LogP contribution is -2.45. The van der Waals surface area contributed by atoms with Crippen LogP contribution in [0, 0.1) is 0 Å². The second-order valence-electron chi connectivity index (χ2n) is 20.7. The number of ether oxygens (including phenoxy) is 1. The molecule has 0 aromatic heterocycles. The van der Waals surface area contributed by atoms with Gasteiger partial charge in [0.1, 0.15) is 0 Å². The molecule has 1 amide bonds. The molecule has 0 spiro atoms. The number of aliphatic hydroxyl groups excluding tert-OH is 2. The fourth-order valence-corrected chi connectivity index (χ4v) is 9.03. The molecular formula is C64H117NO5. The average Bonchev–Trinajstić information content (AvgIpc) is 3.36. The van der Waals surface area contributed by atoms with Crippen molar-refractivity contribution in [1.82, 2.24) is 5.32 Å². The monoisotopic (exact) mass is 980 g/mol. The maximum Gasteiger partial charge on any atom is 0.305 e. The Bertz CT molecular complexity index is 1220. The summed E-state index contributed by atoms with van der Waals surface area (Å²) in [6.07, 6.45) is 76.8. The van der Waals surface area contributed by atoms with E-state index in [1.54, 1.807) is 6.08 Å². The van der Waals surface area contributed by atoms with E-state index in [4.69, 9.17) is 4.74 Å². The molecule has 0 heterocycles. The molecule has 408 valence electrons. The fourth-order valence-electron chi connectivity index (χ4n) is 9.03. The van der Waals surface area contributed by atoms with Gasteiger partial charge in [0.05, 0.1) is 25.4 Å². The summed E-state index contributed by atoms with van der Waals surface area (Å²) in [6.45, 7) is 4.82. The Morgan fingerprint density at radius 3 is 1.13 bits per heavy atom. The molecule has 6 heteroatoms. The van der Waals surface area contributed by atoms with Crippen LogP contribution in [0.2, 0.25) is 0 Å². The van der Waals surface area contributed by atoms with Gasteiger partial charge in [0.2, 0.25) is 5.91 Å². The molecule has 2 unspecified atom stereocenters. The van der Waals surface area contributed by atoms with Crippen LogP contribution in [0.4, 0.5) is 0 Å². The zero-order chi connectivity index (χ0) is 50.7. The Balaban J connectivity index is 3.54. The number of carbonyl (C=O) groups excluding carboxylic acids is 2. The first-order chi connectivity index (χ1) is 34.5. The minimum absolute atomic E-state index is 0.0314. The number of hydrogen-bond acceptors (Lipinski definition) is 5. The summed E-state index contributed by atoms with van der Waals surface area (Å²) in [5.74, 6) is -0.115. The second-order valence-corrected chi connectivity index (χ2v) is 20.7. The first kappa shape index (κ1) is 67.6. The summed E-state index contributed by atoms with van der Waals surface area (Å²) in [4.78, 5) is 24.5. The number of aliphatic hydroxyl groups is 2. The molecule has 6 nitrogen and oxygen atoms in total. The molecule has 3 N–H and O–H groups in total. The highest BCUT2D eigenvalue weighted by Crippen LogP contribution is 2.16. The van der Waals surface area contributed by atoms with Crippen molar-refractivity contribution >= 4 is 11.9 Å². The number of esters is 1. The lowest BCUT2D eigenvalue weighted by atomic mass is 10.0. The second kappa shape index (κ2) is 59.1. The Morgan fingerprint density at radius 2 is 0.729 bits per heavy atom. The van der Waals surface area contributed by atoms with E-state index in [-0.39, 0.29) is 18.5 Å². The van der Waals surface area contributed by atoms with Crippen LogP contribution in [0.3, 0.4) is 0 Å². The van der Waals surface area contributed by atoms with E-state index in [2.05, 4.69) is 67.8 Å². The van der Waals surface area contributed by atoms with Gasteiger partial charge in [-0.2, -0.15) is 0 Å². The van der Waals surface area contributed by atoms with E-state index < -0.39 is 12.1 Å². The number of nitrogens with one attached hydrogen (secondary N) is 1. The van der Waals surface area contributed by atoms with Crippen molar-refractivity contribution in [3.63, 3.8) is 0 Å². The zero-order valence-corrected chi connectivity index (χ0v) is 46.5. The van der Waals surface area contributed by atoms with Crippen LogP contribution in [0.5, 0.6) is 0 Å². The maximum atomic E-state index is 12.5. The van der Waals surface area contributed by atoms with E-state index in [1.165, 1.54) is 186 Å². The van der Waals surface area contributed by atoms with Crippen LogP contribution in [0.1, 0.15) is 309 Å². The molecule has 0 rings (SSSR count). The van der Waals surface area contributed by atoms with Crippen molar-refractivity contribution in [2.24, 2.45) is 0 Å². The summed E-state index contributed by atoms with van der Waals surface area (Å²) in [7, 11) is 0. The highest BCUT2D eigenvalue weighted by Gasteiger charge is 2.18. The molecule has 0 saturated carbocycles. The maximum absolute atomic E-state index is 12.5. The van der Waals surface area contributed by atoms with E-state index in [1.807, 2.05) is 6.08 Å². The van der Waals surface area contributed by atoms with Gasteiger partial charge < -0.3 is 20.3 Å². The highest BCUT2D eigenvalue weighted by molar-refractivity contribution is 5.76. The summed E-state index contributed by atoms with van der Waals surface area (Å²) >= 11 is 0. The molecular weight excluding hydrogens is 863 g/mol. The van der Waals surface area contributed by atoms with Crippen molar-refractivity contribution in [1.29, 1.82) is 0 Å². The van der Waals surface area contributed by atoms with Crippen molar-refractivity contribution in [3.05, 3.63) is 60.8 Å². The summed E-state index contributed by atoms with van der Waals surface area (Å²) in [6, 6.07) is -0.643. The molecule has 0 aliphatic rings. The largest absolute Gasteiger partial charge is 0.466 e. The van der Waals surface area contributed by atoms with Gasteiger partial charge in [0.15, 0.2) is 0 Å². The number of hydrogen-bond donors (Lipinski definition) is 3. The quantitative estimate of drug-likeness (QED) is 0.0321. The Hall–Kier alpha value is -2.44. The predicted octanol–water partition coefficient (Wildman–Crippen LogP) is 19.1. The molecule has 0 aromatic rings. The lowest BCUT2D eigenvalue weighted by molar-refractivity contribution is -0.143. The molecule has 0 radical (unpaired) electrons. The van der Waals surface area contributed by atoms with Crippen molar-refractivity contribution in [2.75, 3.05) is 13.2 Å². The molecule has 0 aliphatic heterocycles. The topological polar surface area (TPSA) is 95.9 Å². The van der Waals surface area contributed by atoms with Crippen molar-refractivity contribution in [2.45, 2.75) is 321 Å². The molecule has 0 aromatic carbocycles. The number of carbonyl (C=O) groups is 2. The lowest BCUT2D eigenvalue weighted by Gasteiger charge is -2.20. The standard InChI is InChI=1S/C64H117NO5/c1-3-5-7-9-11-13-15-17-19-20-21-22-23-24-26-29-32-36-40-44-48-52-56-62(67)61(60-66)65-63(68)57-53-49-45-41-37-33-30-27-25-28-31-35-39-43-47-51-55-59-70-64(69)58-54-50-46-42-38-34-18-16-14-12-10-8-6-4-2/h10,12,16,18,25,28,35,39,52,56,61-62,66-67H,3-9,11,13-15,17,19-24,26-27,29-34,36-38,40-51,53-55,57-60H2,1-2H3,(H,65,68)/b12-10-,18-16-,28-25-,39-35-,56-52+. The van der Waals surface area contributed by atoms with E-state index >= 15 is 0 Å². The third-order valence-electron chi connectivity index (χ3n) is 13.8. The van der Waals surface area contributed by atoms with Crippen LogP contribution in [-0.4, -0.2) is 47.4 Å². The van der Waals surface area contributed by atoms with Crippen LogP contribution < -0.4 is 5.32 Å². The Morgan fingerprint density at radius 1 is 0.400 bits per heavy atom.